The minimum absolute atomic E-state index is 0.110. The summed E-state index contributed by atoms with van der Waals surface area (Å²) in [7, 11) is 1.73. The fourth-order valence-electron chi connectivity index (χ4n) is 3.15. The topological polar surface area (TPSA) is 69.6 Å². The molecule has 0 N–H and O–H groups in total. The number of rotatable bonds is 3. The molecule has 1 saturated heterocycles. The summed E-state index contributed by atoms with van der Waals surface area (Å²) in [4.78, 5) is 19.6. The van der Waals surface area contributed by atoms with Crippen LogP contribution in [0, 0.1) is 25.2 Å². The molecule has 2 heterocycles. The highest BCUT2D eigenvalue weighted by atomic mass is 32.2. The first-order valence-electron chi connectivity index (χ1n) is 9.39. The van der Waals surface area contributed by atoms with Gasteiger partial charge in [0, 0.05) is 18.7 Å². The molecule has 6 heteroatoms. The van der Waals surface area contributed by atoms with Crippen LogP contribution < -0.4 is 0 Å². The summed E-state index contributed by atoms with van der Waals surface area (Å²) < 4.78 is 5.90. The number of likely N-dealkylation sites (N-methyl/N-ethyl adjacent to an activating group) is 1. The minimum atomic E-state index is -0.110. The van der Waals surface area contributed by atoms with Gasteiger partial charge >= 0.3 is 0 Å². The molecular weight excluding hydrogens is 394 g/mol. The Morgan fingerprint density at radius 3 is 2.43 bits per heavy atom. The first kappa shape index (κ1) is 19.7. The van der Waals surface area contributed by atoms with Gasteiger partial charge in [-0.25, -0.2) is 4.99 Å². The van der Waals surface area contributed by atoms with Gasteiger partial charge in [-0.3, -0.25) is 9.69 Å². The fraction of sp³-hybridized carbons (Fsp3) is 0.125. The maximum absolute atomic E-state index is 12.7. The number of carbonyl (C=O) groups is 1. The average Bonchev–Trinajstić information content (AvgIpc) is 3.32. The number of amides is 1. The lowest BCUT2D eigenvalue weighted by molar-refractivity contribution is -0.121. The zero-order chi connectivity index (χ0) is 21.3. The van der Waals surface area contributed by atoms with Gasteiger partial charge in [-0.15, -0.1) is 0 Å². The van der Waals surface area contributed by atoms with Gasteiger partial charge in [0.2, 0.25) is 0 Å². The molecule has 30 heavy (non-hydrogen) atoms. The summed E-state index contributed by atoms with van der Waals surface area (Å²) in [6.45, 7) is 4.02. The van der Waals surface area contributed by atoms with E-state index in [-0.39, 0.29) is 5.91 Å². The normalized spacial score (nSPS) is 16.5. The van der Waals surface area contributed by atoms with Crippen molar-refractivity contribution in [1.29, 1.82) is 5.26 Å². The molecule has 1 aromatic heterocycles. The molecule has 0 aliphatic carbocycles. The van der Waals surface area contributed by atoms with Crippen LogP contribution >= 0.6 is 11.8 Å². The number of thioether (sulfide) groups is 1. The van der Waals surface area contributed by atoms with Gasteiger partial charge in [-0.05, 0) is 73.1 Å². The molecule has 148 valence electrons. The number of aliphatic imine (C=N–C) groups is 1. The Morgan fingerprint density at radius 2 is 1.77 bits per heavy atom. The summed E-state index contributed by atoms with van der Waals surface area (Å²) in [6, 6.07) is 19.0. The molecule has 0 bridgehead atoms. The second-order valence-electron chi connectivity index (χ2n) is 7.00. The smallest absolute Gasteiger partial charge is 0.266 e. The van der Waals surface area contributed by atoms with Crippen molar-refractivity contribution in [2.45, 2.75) is 13.8 Å². The molecule has 1 aliphatic rings. The highest BCUT2D eigenvalue weighted by molar-refractivity contribution is 8.18. The lowest BCUT2D eigenvalue weighted by Gasteiger charge is -2.09. The molecule has 4 rings (SSSR count). The Kier molecular flexibility index (Phi) is 5.30. The van der Waals surface area contributed by atoms with Crippen LogP contribution in [0.1, 0.15) is 22.5 Å². The van der Waals surface area contributed by atoms with Crippen LogP contribution in [-0.2, 0) is 4.79 Å². The van der Waals surface area contributed by atoms with E-state index in [2.05, 4.69) is 6.07 Å². The van der Waals surface area contributed by atoms with Crippen molar-refractivity contribution >= 4 is 34.6 Å². The van der Waals surface area contributed by atoms with Crippen LogP contribution in [0.4, 0.5) is 5.69 Å². The maximum atomic E-state index is 12.7. The quantitative estimate of drug-likeness (QED) is 0.519. The van der Waals surface area contributed by atoms with Crippen LogP contribution in [0.5, 0.6) is 0 Å². The van der Waals surface area contributed by atoms with Gasteiger partial charge in [0.05, 0.1) is 22.2 Å². The second-order valence-corrected chi connectivity index (χ2v) is 8.01. The molecule has 1 aliphatic heterocycles. The third kappa shape index (κ3) is 3.80. The van der Waals surface area contributed by atoms with E-state index in [1.54, 1.807) is 30.2 Å². The first-order chi connectivity index (χ1) is 14.5. The van der Waals surface area contributed by atoms with Crippen LogP contribution in [0.25, 0.3) is 17.4 Å². The van der Waals surface area contributed by atoms with Crippen LogP contribution in [0.3, 0.4) is 0 Å². The van der Waals surface area contributed by atoms with Crippen LogP contribution in [-0.4, -0.2) is 23.0 Å². The number of nitriles is 1. The summed E-state index contributed by atoms with van der Waals surface area (Å²) in [6.07, 6.45) is 1.74. The Balaban J connectivity index is 1.60. The molecule has 0 atom stereocenters. The van der Waals surface area contributed by atoms with E-state index in [1.807, 2.05) is 56.3 Å². The molecule has 0 saturated carbocycles. The number of para-hydroxylation sites is 1. The molecule has 0 spiro atoms. The number of benzene rings is 2. The minimum Gasteiger partial charge on any atom is -0.457 e. The van der Waals surface area contributed by atoms with Crippen molar-refractivity contribution in [3.05, 3.63) is 82.0 Å². The Labute approximate surface area is 179 Å². The van der Waals surface area contributed by atoms with E-state index in [1.165, 1.54) is 11.8 Å². The molecule has 0 unspecified atom stereocenters. The molecule has 2 aromatic carbocycles. The number of furan rings is 1. The van der Waals surface area contributed by atoms with Crippen LogP contribution in [0.2, 0.25) is 0 Å². The lowest BCUT2D eigenvalue weighted by Crippen LogP contribution is -2.23. The van der Waals surface area contributed by atoms with E-state index in [0.717, 1.165) is 22.4 Å². The molecule has 3 aromatic rings. The second kappa shape index (κ2) is 8.05. The van der Waals surface area contributed by atoms with Crippen molar-refractivity contribution < 1.29 is 9.21 Å². The Hall–Kier alpha value is -3.56. The van der Waals surface area contributed by atoms with Gasteiger partial charge in [0.1, 0.15) is 11.5 Å². The third-order valence-corrected chi connectivity index (χ3v) is 5.91. The SMILES string of the molecule is Cc1cccc(C)c1N=C1S/C(=C\c2ccc(-c3ccc(C#N)cc3)o2)C(=O)N1C. The third-order valence-electron chi connectivity index (χ3n) is 4.85. The average molecular weight is 414 g/mol. The van der Waals surface area contributed by atoms with E-state index in [4.69, 9.17) is 14.7 Å². The maximum Gasteiger partial charge on any atom is 0.266 e. The first-order valence-corrected chi connectivity index (χ1v) is 10.2. The number of carbonyl (C=O) groups excluding carboxylic acids is 1. The molecule has 0 radical (unpaired) electrons. The van der Waals surface area contributed by atoms with Crippen molar-refractivity contribution in [2.75, 3.05) is 7.05 Å². The molecule has 1 amide bonds. The molecular formula is C24H19N3O2S. The van der Waals surface area contributed by atoms with E-state index < -0.39 is 0 Å². The van der Waals surface area contributed by atoms with Crippen molar-refractivity contribution in [3.8, 4) is 17.4 Å². The van der Waals surface area contributed by atoms with Gasteiger partial charge < -0.3 is 4.42 Å². The predicted octanol–water partition coefficient (Wildman–Crippen LogP) is 5.67. The highest BCUT2D eigenvalue weighted by Gasteiger charge is 2.31. The van der Waals surface area contributed by atoms with Crippen LogP contribution in [0.15, 0.2) is 68.9 Å². The van der Waals surface area contributed by atoms with Gasteiger partial charge in [0.15, 0.2) is 5.17 Å². The number of amidine groups is 1. The van der Waals surface area contributed by atoms with Crippen molar-refractivity contribution in [3.63, 3.8) is 0 Å². The van der Waals surface area contributed by atoms with E-state index in [9.17, 15) is 4.79 Å². The van der Waals surface area contributed by atoms with Crippen molar-refractivity contribution in [1.82, 2.24) is 4.90 Å². The van der Waals surface area contributed by atoms with E-state index >= 15 is 0 Å². The Morgan fingerprint density at radius 1 is 1.07 bits per heavy atom. The van der Waals surface area contributed by atoms with Gasteiger partial charge in [0.25, 0.3) is 5.91 Å². The zero-order valence-corrected chi connectivity index (χ0v) is 17.7. The van der Waals surface area contributed by atoms with Gasteiger partial charge in [-0.1, -0.05) is 18.2 Å². The Bertz CT molecular complexity index is 1210. The largest absolute Gasteiger partial charge is 0.457 e. The van der Waals surface area contributed by atoms with E-state index in [0.29, 0.717) is 27.2 Å². The zero-order valence-electron chi connectivity index (χ0n) is 16.8. The summed E-state index contributed by atoms with van der Waals surface area (Å²) >= 11 is 1.34. The number of aryl methyl sites for hydroxylation is 2. The predicted molar refractivity (Wildman–Crippen MR) is 120 cm³/mol. The standard InChI is InChI=1S/C24H19N3O2S/c1-15-5-4-6-16(2)22(15)26-24-27(3)23(28)21(30-24)13-19-11-12-20(29-19)18-9-7-17(14-25)8-10-18/h4-13H,1-3H3/b21-13-,26-24?. The highest BCUT2D eigenvalue weighted by Crippen LogP contribution is 2.35. The number of hydrogen-bond acceptors (Lipinski definition) is 5. The summed E-state index contributed by atoms with van der Waals surface area (Å²) in [5.74, 6) is 1.16. The summed E-state index contributed by atoms with van der Waals surface area (Å²) in [5, 5.41) is 9.57. The van der Waals surface area contributed by atoms with Gasteiger partial charge in [-0.2, -0.15) is 5.26 Å². The molecule has 5 nitrogen and oxygen atoms in total. The monoisotopic (exact) mass is 413 g/mol. The number of hydrogen-bond donors (Lipinski definition) is 0. The molecule has 1 fully saturated rings. The lowest BCUT2D eigenvalue weighted by atomic mass is 10.1. The number of nitrogens with zero attached hydrogens (tertiary/aromatic N) is 3. The summed E-state index contributed by atoms with van der Waals surface area (Å²) in [5.41, 5.74) is 4.50. The van der Waals surface area contributed by atoms with Crippen molar-refractivity contribution in [2.24, 2.45) is 4.99 Å². The fourth-order valence-corrected chi connectivity index (χ4v) is 4.11.